The van der Waals surface area contributed by atoms with Crippen molar-refractivity contribution in [2.45, 2.75) is 57.7 Å². The largest absolute Gasteiger partial charge is 0.460 e. The predicted octanol–water partition coefficient (Wildman–Crippen LogP) is 3.38. The van der Waals surface area contributed by atoms with Gasteiger partial charge in [-0.1, -0.05) is 48.4 Å². The number of carbonyl (C=O) groups is 4. The molecule has 0 aliphatic heterocycles. The lowest BCUT2D eigenvalue weighted by atomic mass is 10.00. The average molecular weight is 493 g/mol. The summed E-state index contributed by atoms with van der Waals surface area (Å²) in [5.74, 6) is 0.126. The van der Waals surface area contributed by atoms with Gasteiger partial charge in [-0.3, -0.25) is 20.1 Å². The molecule has 0 saturated carbocycles. The van der Waals surface area contributed by atoms with Crippen LogP contribution < -0.4 is 11.1 Å². The second-order valence-corrected chi connectivity index (χ2v) is 9.27. The van der Waals surface area contributed by atoms with Crippen molar-refractivity contribution in [2.24, 2.45) is 5.73 Å². The van der Waals surface area contributed by atoms with Gasteiger partial charge in [0, 0.05) is 23.1 Å². The summed E-state index contributed by atoms with van der Waals surface area (Å²) >= 11 is 0. The number of carbonyl (C=O) groups excluding carboxylic acids is 4. The van der Waals surface area contributed by atoms with E-state index >= 15 is 0 Å². The van der Waals surface area contributed by atoms with Gasteiger partial charge in [0.25, 0.3) is 5.91 Å². The van der Waals surface area contributed by atoms with Crippen molar-refractivity contribution in [1.29, 1.82) is 0 Å². The van der Waals surface area contributed by atoms with Crippen LogP contribution in [-0.2, 0) is 19.1 Å². The molecule has 0 aromatic heterocycles. The van der Waals surface area contributed by atoms with Crippen molar-refractivity contribution in [3.63, 3.8) is 0 Å². The van der Waals surface area contributed by atoms with Crippen molar-refractivity contribution in [3.05, 3.63) is 71.3 Å². The van der Waals surface area contributed by atoms with Crippen LogP contribution in [0.3, 0.4) is 0 Å². The predicted molar refractivity (Wildman–Crippen MR) is 135 cm³/mol. The fourth-order valence-electron chi connectivity index (χ4n) is 3.32. The van der Waals surface area contributed by atoms with Gasteiger partial charge in [0.15, 0.2) is 18.1 Å². The molecular weight excluding hydrogens is 460 g/mol. The first kappa shape index (κ1) is 28.3. The third-order valence-corrected chi connectivity index (χ3v) is 5.05. The van der Waals surface area contributed by atoms with Crippen LogP contribution in [0, 0.1) is 12.3 Å². The number of amides is 1. The quantitative estimate of drug-likeness (QED) is 0.162. The minimum Gasteiger partial charge on any atom is -0.460 e. The van der Waals surface area contributed by atoms with Crippen molar-refractivity contribution in [2.75, 3.05) is 6.61 Å². The molecule has 0 fully saturated rings. The zero-order valence-corrected chi connectivity index (χ0v) is 20.8. The molecule has 0 spiro atoms. The molecule has 0 aliphatic carbocycles. The van der Waals surface area contributed by atoms with Crippen molar-refractivity contribution in [3.8, 4) is 12.3 Å². The number of ketones is 1. The molecule has 1 amide bonds. The molecule has 0 heterocycles. The van der Waals surface area contributed by atoms with E-state index < -0.39 is 23.1 Å². The summed E-state index contributed by atoms with van der Waals surface area (Å²) in [4.78, 5) is 50.0. The molecule has 36 heavy (non-hydrogen) atoms. The Labute approximate surface area is 211 Å². The van der Waals surface area contributed by atoms with Crippen LogP contribution in [0.2, 0.25) is 0 Å². The Hall–Kier alpha value is -3.96. The maximum atomic E-state index is 12.9. The molecule has 0 saturated heterocycles. The maximum Gasteiger partial charge on any atom is 0.347 e. The topological polar surface area (TPSA) is 125 Å². The van der Waals surface area contributed by atoms with E-state index in [9.17, 15) is 19.2 Å². The molecular formula is C28H32N2O6. The Kier molecular flexibility index (Phi) is 9.94. The normalized spacial score (nSPS) is 12.5. The first-order chi connectivity index (χ1) is 16.9. The number of hydrogen-bond donors (Lipinski definition) is 2. The second kappa shape index (κ2) is 12.7. The lowest BCUT2D eigenvalue weighted by Gasteiger charge is -2.28. The van der Waals surface area contributed by atoms with Crippen LogP contribution >= 0.6 is 0 Å². The molecule has 0 aliphatic rings. The molecule has 8 heteroatoms. The Bertz CT molecular complexity index is 1110. The van der Waals surface area contributed by atoms with Crippen LogP contribution in [0.25, 0.3) is 0 Å². The van der Waals surface area contributed by atoms with E-state index in [-0.39, 0.29) is 36.8 Å². The zero-order chi connectivity index (χ0) is 26.8. The molecule has 2 aromatic rings. The van der Waals surface area contributed by atoms with Gasteiger partial charge in [-0.15, -0.1) is 6.42 Å². The van der Waals surface area contributed by atoms with Crippen molar-refractivity contribution < 1.29 is 28.7 Å². The molecule has 0 bridgehead atoms. The summed E-state index contributed by atoms with van der Waals surface area (Å²) in [7, 11) is 0. The first-order valence-electron chi connectivity index (χ1n) is 11.6. The number of nitrogens with one attached hydrogen (secondary N) is 1. The van der Waals surface area contributed by atoms with E-state index in [0.29, 0.717) is 24.0 Å². The van der Waals surface area contributed by atoms with Crippen LogP contribution in [0.1, 0.15) is 72.7 Å². The Morgan fingerprint density at radius 1 is 0.917 bits per heavy atom. The third kappa shape index (κ3) is 8.67. The van der Waals surface area contributed by atoms with Crippen LogP contribution in [0.5, 0.6) is 0 Å². The number of nitrogens with two attached hydrogens (primary N) is 1. The Balaban J connectivity index is 2.06. The summed E-state index contributed by atoms with van der Waals surface area (Å²) in [5, 5.41) is 2.52. The molecule has 3 N–H and O–H groups in total. The van der Waals surface area contributed by atoms with Gasteiger partial charge < -0.3 is 14.8 Å². The van der Waals surface area contributed by atoms with E-state index in [1.165, 1.54) is 24.3 Å². The summed E-state index contributed by atoms with van der Waals surface area (Å²) < 4.78 is 10.3. The minimum atomic E-state index is -1.86. The highest BCUT2D eigenvalue weighted by Crippen LogP contribution is 2.17. The monoisotopic (exact) mass is 492 g/mol. The van der Waals surface area contributed by atoms with Crippen molar-refractivity contribution >= 4 is 23.6 Å². The van der Waals surface area contributed by atoms with Gasteiger partial charge in [0.05, 0.1) is 0 Å². The van der Waals surface area contributed by atoms with E-state index in [1.54, 1.807) is 45.0 Å². The lowest BCUT2D eigenvalue weighted by molar-refractivity contribution is -0.154. The second-order valence-electron chi connectivity index (χ2n) is 9.27. The van der Waals surface area contributed by atoms with Gasteiger partial charge in [0.1, 0.15) is 5.60 Å². The van der Waals surface area contributed by atoms with Crippen LogP contribution in [-0.4, -0.2) is 41.5 Å². The average Bonchev–Trinajstić information content (AvgIpc) is 2.84. The van der Waals surface area contributed by atoms with Crippen LogP contribution in [0.4, 0.5) is 0 Å². The molecule has 1 atom stereocenters. The zero-order valence-electron chi connectivity index (χ0n) is 20.8. The summed E-state index contributed by atoms with van der Waals surface area (Å²) in [6.45, 7) is 5.02. The molecule has 0 radical (unpaired) electrons. The number of benzene rings is 2. The number of ether oxygens (including phenoxy) is 2. The highest BCUT2D eigenvalue weighted by atomic mass is 16.6. The minimum absolute atomic E-state index is 0.00944. The van der Waals surface area contributed by atoms with Crippen molar-refractivity contribution in [1.82, 2.24) is 5.32 Å². The molecule has 190 valence electrons. The fourth-order valence-corrected chi connectivity index (χ4v) is 3.32. The standard InChI is InChI=1S/C28H32N2O6/c1-5-19-35-26(34)28(29,18-10-9-13-23(31)36-27(2,3)4)30-25(33)22-16-14-21(15-17-22)24(32)20-11-7-6-8-12-20/h1,6-8,11-12,14-17H,9-10,13,18-19,29H2,2-4H3,(H,30,33). The van der Waals surface area contributed by atoms with Gasteiger partial charge in [-0.2, -0.15) is 0 Å². The fraction of sp³-hybridized carbons (Fsp3) is 0.357. The van der Waals surface area contributed by atoms with E-state index in [4.69, 9.17) is 21.6 Å². The molecule has 2 aromatic carbocycles. The molecule has 8 nitrogen and oxygen atoms in total. The number of terminal acetylenes is 1. The van der Waals surface area contributed by atoms with E-state index in [2.05, 4.69) is 11.2 Å². The SMILES string of the molecule is C#CCOC(=O)C(N)(CCCCC(=O)OC(C)(C)C)NC(=O)c1ccc(C(=O)c2ccccc2)cc1. The van der Waals surface area contributed by atoms with Crippen LogP contribution in [0.15, 0.2) is 54.6 Å². The summed E-state index contributed by atoms with van der Waals surface area (Å²) in [6, 6.07) is 14.8. The first-order valence-corrected chi connectivity index (χ1v) is 11.6. The number of unbranched alkanes of at least 4 members (excludes halogenated alkanes) is 1. The molecule has 1 unspecified atom stereocenters. The highest BCUT2D eigenvalue weighted by molar-refractivity contribution is 6.09. The van der Waals surface area contributed by atoms with Gasteiger partial charge in [-0.25, -0.2) is 4.79 Å². The number of hydrogen-bond acceptors (Lipinski definition) is 7. The molecule has 2 rings (SSSR count). The third-order valence-electron chi connectivity index (χ3n) is 5.05. The lowest BCUT2D eigenvalue weighted by Crippen LogP contribution is -2.62. The van der Waals surface area contributed by atoms with Gasteiger partial charge in [0.2, 0.25) is 0 Å². The smallest absolute Gasteiger partial charge is 0.347 e. The summed E-state index contributed by atoms with van der Waals surface area (Å²) in [5.41, 5.74) is 4.93. The van der Waals surface area contributed by atoms with Gasteiger partial charge >= 0.3 is 11.9 Å². The van der Waals surface area contributed by atoms with E-state index in [1.807, 2.05) is 6.07 Å². The van der Waals surface area contributed by atoms with Gasteiger partial charge in [-0.05, 0) is 52.2 Å². The number of esters is 2. The van der Waals surface area contributed by atoms with E-state index in [0.717, 1.165) is 0 Å². The Morgan fingerprint density at radius 2 is 1.50 bits per heavy atom. The maximum absolute atomic E-state index is 12.9. The summed E-state index contributed by atoms with van der Waals surface area (Å²) in [6.07, 6.45) is 6.04. The Morgan fingerprint density at radius 3 is 2.08 bits per heavy atom. The highest BCUT2D eigenvalue weighted by Gasteiger charge is 2.37. The number of rotatable bonds is 11.